The van der Waals surface area contributed by atoms with Crippen LogP contribution in [0.15, 0.2) is 36.4 Å². The number of anilines is 1. The standard InChI is InChI=1S/C14H11ClF2N2O2/c1-8(9-2-4-11(15)12(16)6-9)18-10-3-5-14(19(20)21)13(17)7-10/h2-8,18H,1H3. The normalized spacial score (nSPS) is 12.0. The van der Waals surface area contributed by atoms with Gasteiger partial charge in [0.2, 0.25) is 5.82 Å². The molecule has 0 spiro atoms. The Morgan fingerprint density at radius 2 is 1.90 bits per heavy atom. The van der Waals surface area contributed by atoms with Crippen molar-refractivity contribution >= 4 is 23.0 Å². The molecular formula is C14H11ClF2N2O2. The molecule has 0 aromatic heterocycles. The minimum Gasteiger partial charge on any atom is -0.378 e. The molecule has 2 aromatic rings. The largest absolute Gasteiger partial charge is 0.378 e. The molecule has 0 aliphatic rings. The second-order valence-corrected chi connectivity index (χ2v) is 4.87. The molecule has 0 aliphatic heterocycles. The zero-order chi connectivity index (χ0) is 15.6. The van der Waals surface area contributed by atoms with Gasteiger partial charge in [0.25, 0.3) is 0 Å². The van der Waals surface area contributed by atoms with E-state index in [0.29, 0.717) is 11.3 Å². The summed E-state index contributed by atoms with van der Waals surface area (Å²) in [6, 6.07) is 7.53. The van der Waals surface area contributed by atoms with E-state index in [2.05, 4.69) is 5.32 Å². The van der Waals surface area contributed by atoms with E-state index < -0.39 is 22.2 Å². The first-order valence-electron chi connectivity index (χ1n) is 6.04. The molecule has 0 saturated carbocycles. The van der Waals surface area contributed by atoms with Crippen molar-refractivity contribution in [3.63, 3.8) is 0 Å². The number of nitro benzene ring substituents is 1. The number of nitro groups is 1. The van der Waals surface area contributed by atoms with Gasteiger partial charge in [-0.25, -0.2) is 4.39 Å². The van der Waals surface area contributed by atoms with Crippen molar-refractivity contribution in [3.8, 4) is 0 Å². The summed E-state index contributed by atoms with van der Waals surface area (Å²) in [7, 11) is 0. The van der Waals surface area contributed by atoms with Crippen LogP contribution in [-0.4, -0.2) is 4.92 Å². The molecule has 0 heterocycles. The van der Waals surface area contributed by atoms with Gasteiger partial charge in [0.15, 0.2) is 0 Å². The Kier molecular flexibility index (Phi) is 4.37. The van der Waals surface area contributed by atoms with E-state index in [0.717, 1.165) is 12.1 Å². The Hall–Kier alpha value is -2.21. The second kappa shape index (κ2) is 6.05. The molecule has 7 heteroatoms. The summed E-state index contributed by atoms with van der Waals surface area (Å²) in [6.07, 6.45) is 0. The summed E-state index contributed by atoms with van der Waals surface area (Å²) in [6.45, 7) is 1.75. The van der Waals surface area contributed by atoms with E-state index in [9.17, 15) is 18.9 Å². The van der Waals surface area contributed by atoms with E-state index in [1.165, 1.54) is 18.2 Å². The molecule has 21 heavy (non-hydrogen) atoms. The Morgan fingerprint density at radius 3 is 2.48 bits per heavy atom. The number of hydrogen-bond acceptors (Lipinski definition) is 3. The van der Waals surface area contributed by atoms with Crippen LogP contribution in [0.25, 0.3) is 0 Å². The number of rotatable bonds is 4. The quantitative estimate of drug-likeness (QED) is 0.657. The van der Waals surface area contributed by atoms with Crippen LogP contribution in [0.2, 0.25) is 5.02 Å². The minimum atomic E-state index is -0.931. The summed E-state index contributed by atoms with van der Waals surface area (Å²) in [5.41, 5.74) is 0.391. The highest BCUT2D eigenvalue weighted by atomic mass is 35.5. The van der Waals surface area contributed by atoms with Gasteiger partial charge in [0.1, 0.15) is 5.82 Å². The smallest absolute Gasteiger partial charge is 0.304 e. The van der Waals surface area contributed by atoms with Crippen molar-refractivity contribution in [1.29, 1.82) is 0 Å². The van der Waals surface area contributed by atoms with Gasteiger partial charge in [0, 0.05) is 23.9 Å². The summed E-state index contributed by atoms with van der Waals surface area (Å²) < 4.78 is 26.9. The van der Waals surface area contributed by atoms with Crippen molar-refractivity contribution in [2.45, 2.75) is 13.0 Å². The number of benzene rings is 2. The maximum atomic E-state index is 13.5. The van der Waals surface area contributed by atoms with Gasteiger partial charge in [-0.15, -0.1) is 0 Å². The lowest BCUT2D eigenvalue weighted by Gasteiger charge is -2.16. The molecule has 2 rings (SSSR count). The van der Waals surface area contributed by atoms with Crippen LogP contribution < -0.4 is 5.32 Å². The highest BCUT2D eigenvalue weighted by molar-refractivity contribution is 6.30. The Bertz CT molecular complexity index is 695. The fraction of sp³-hybridized carbons (Fsp3) is 0.143. The molecule has 0 aliphatic carbocycles. The first kappa shape index (κ1) is 15.2. The van der Waals surface area contributed by atoms with E-state index in [-0.39, 0.29) is 11.1 Å². The van der Waals surface area contributed by atoms with Gasteiger partial charge in [-0.1, -0.05) is 17.7 Å². The van der Waals surface area contributed by atoms with Gasteiger partial charge in [0.05, 0.1) is 9.95 Å². The van der Waals surface area contributed by atoms with E-state index in [4.69, 9.17) is 11.6 Å². The fourth-order valence-electron chi connectivity index (χ4n) is 1.86. The minimum absolute atomic E-state index is 0.0207. The predicted octanol–water partition coefficient (Wildman–Crippen LogP) is 4.70. The Labute approximate surface area is 124 Å². The van der Waals surface area contributed by atoms with E-state index >= 15 is 0 Å². The summed E-state index contributed by atoms with van der Waals surface area (Å²) >= 11 is 5.60. The molecule has 1 atom stereocenters. The Morgan fingerprint density at radius 1 is 1.19 bits per heavy atom. The van der Waals surface area contributed by atoms with Crippen LogP contribution in [-0.2, 0) is 0 Å². The molecule has 2 aromatic carbocycles. The third-order valence-corrected chi connectivity index (χ3v) is 3.28. The van der Waals surface area contributed by atoms with Gasteiger partial charge in [-0.05, 0) is 30.7 Å². The van der Waals surface area contributed by atoms with Gasteiger partial charge in [-0.3, -0.25) is 10.1 Å². The van der Waals surface area contributed by atoms with Crippen molar-refractivity contribution in [3.05, 3.63) is 68.7 Å². The molecule has 0 amide bonds. The number of halogens is 3. The monoisotopic (exact) mass is 312 g/mol. The van der Waals surface area contributed by atoms with Gasteiger partial charge >= 0.3 is 5.69 Å². The van der Waals surface area contributed by atoms with Crippen LogP contribution in [0.4, 0.5) is 20.2 Å². The predicted molar refractivity (Wildman–Crippen MR) is 76.5 cm³/mol. The second-order valence-electron chi connectivity index (χ2n) is 4.46. The van der Waals surface area contributed by atoms with Gasteiger partial charge < -0.3 is 5.32 Å². The van der Waals surface area contributed by atoms with E-state index in [1.54, 1.807) is 13.0 Å². The lowest BCUT2D eigenvalue weighted by molar-refractivity contribution is -0.387. The molecular weight excluding hydrogens is 302 g/mol. The average Bonchev–Trinajstić information content (AvgIpc) is 2.41. The average molecular weight is 313 g/mol. The zero-order valence-electron chi connectivity index (χ0n) is 10.9. The summed E-state index contributed by atoms with van der Waals surface area (Å²) in [5.74, 6) is -1.47. The molecule has 1 unspecified atom stereocenters. The van der Waals surface area contributed by atoms with Crippen LogP contribution >= 0.6 is 11.6 Å². The Balaban J connectivity index is 2.19. The van der Waals surface area contributed by atoms with Crippen LogP contribution in [0.5, 0.6) is 0 Å². The highest BCUT2D eigenvalue weighted by Gasteiger charge is 2.15. The van der Waals surface area contributed by atoms with Gasteiger partial charge in [-0.2, -0.15) is 4.39 Å². The zero-order valence-corrected chi connectivity index (χ0v) is 11.7. The molecule has 0 radical (unpaired) electrons. The maximum absolute atomic E-state index is 13.5. The molecule has 4 nitrogen and oxygen atoms in total. The van der Waals surface area contributed by atoms with Crippen LogP contribution in [0.3, 0.4) is 0 Å². The molecule has 1 N–H and O–H groups in total. The highest BCUT2D eigenvalue weighted by Crippen LogP contribution is 2.26. The lowest BCUT2D eigenvalue weighted by Crippen LogP contribution is -2.07. The molecule has 0 fully saturated rings. The SMILES string of the molecule is CC(Nc1ccc([N+](=O)[O-])c(F)c1)c1ccc(Cl)c(F)c1. The number of nitrogens with zero attached hydrogens (tertiary/aromatic N) is 1. The van der Waals surface area contributed by atoms with Crippen molar-refractivity contribution in [2.24, 2.45) is 0 Å². The topological polar surface area (TPSA) is 55.2 Å². The summed E-state index contributed by atoms with van der Waals surface area (Å²) in [5, 5.41) is 13.5. The first-order chi connectivity index (χ1) is 9.88. The molecule has 0 saturated heterocycles. The fourth-order valence-corrected chi connectivity index (χ4v) is 1.98. The van der Waals surface area contributed by atoms with E-state index in [1.807, 2.05) is 0 Å². The number of hydrogen-bond donors (Lipinski definition) is 1. The van der Waals surface area contributed by atoms with Crippen molar-refractivity contribution in [1.82, 2.24) is 0 Å². The third kappa shape index (κ3) is 3.46. The number of nitrogens with one attached hydrogen (secondary N) is 1. The first-order valence-corrected chi connectivity index (χ1v) is 6.41. The molecule has 0 bridgehead atoms. The van der Waals surface area contributed by atoms with Crippen LogP contribution in [0, 0.1) is 21.7 Å². The third-order valence-electron chi connectivity index (χ3n) is 2.97. The molecule has 110 valence electrons. The van der Waals surface area contributed by atoms with Crippen LogP contribution in [0.1, 0.15) is 18.5 Å². The lowest BCUT2D eigenvalue weighted by atomic mass is 10.1. The van der Waals surface area contributed by atoms with Crippen molar-refractivity contribution in [2.75, 3.05) is 5.32 Å². The maximum Gasteiger partial charge on any atom is 0.304 e. The van der Waals surface area contributed by atoms with Crippen molar-refractivity contribution < 1.29 is 13.7 Å². The summed E-state index contributed by atoms with van der Waals surface area (Å²) in [4.78, 5) is 9.74.